The Morgan fingerprint density at radius 1 is 1.15 bits per heavy atom. The van der Waals surface area contributed by atoms with Crippen LogP contribution in [0.5, 0.6) is 11.5 Å². The molecule has 3 aromatic rings. The molecule has 1 aromatic heterocycles. The van der Waals surface area contributed by atoms with Crippen molar-refractivity contribution in [1.29, 1.82) is 0 Å². The summed E-state index contributed by atoms with van der Waals surface area (Å²) in [5, 5.41) is 4.93. The quantitative estimate of drug-likeness (QED) is 0.715. The largest absolute Gasteiger partial charge is 0.497 e. The summed E-state index contributed by atoms with van der Waals surface area (Å²) in [5.74, 6) is 0.468. The monoisotopic (exact) mass is 372 g/mol. The van der Waals surface area contributed by atoms with Gasteiger partial charge in [-0.3, -0.25) is 10.1 Å². The van der Waals surface area contributed by atoms with E-state index < -0.39 is 11.7 Å². The molecule has 5 nitrogen and oxygen atoms in total. The minimum absolute atomic E-state index is 0.242. The SMILES string of the molecule is COc1ccc(-c2csc(NC(=O)c3ccc(C)c(F)c3)n2)c(OC)c1. The number of nitrogens with zero attached hydrogens (tertiary/aromatic N) is 1. The number of benzene rings is 2. The lowest BCUT2D eigenvalue weighted by molar-refractivity contribution is 0.102. The number of hydrogen-bond donors (Lipinski definition) is 1. The van der Waals surface area contributed by atoms with Crippen LogP contribution in [0.2, 0.25) is 0 Å². The topological polar surface area (TPSA) is 60.5 Å². The second-order valence-corrected chi connectivity index (χ2v) is 6.38. The number of thiazole rings is 1. The molecule has 0 aliphatic rings. The molecule has 1 heterocycles. The number of carbonyl (C=O) groups excluding carboxylic acids is 1. The minimum Gasteiger partial charge on any atom is -0.497 e. The number of methoxy groups -OCH3 is 2. The number of hydrogen-bond acceptors (Lipinski definition) is 5. The van der Waals surface area contributed by atoms with Gasteiger partial charge in [-0.15, -0.1) is 11.3 Å². The first-order valence-electron chi connectivity index (χ1n) is 7.77. The molecule has 1 N–H and O–H groups in total. The van der Waals surface area contributed by atoms with E-state index in [0.717, 1.165) is 5.56 Å². The second kappa shape index (κ2) is 7.53. The Labute approximate surface area is 154 Å². The van der Waals surface area contributed by atoms with Gasteiger partial charge in [0.2, 0.25) is 0 Å². The predicted octanol–water partition coefficient (Wildman–Crippen LogP) is 4.53. The van der Waals surface area contributed by atoms with Gasteiger partial charge in [-0.1, -0.05) is 6.07 Å². The summed E-state index contributed by atoms with van der Waals surface area (Å²) >= 11 is 1.28. The second-order valence-electron chi connectivity index (χ2n) is 5.52. The number of nitrogens with one attached hydrogen (secondary N) is 1. The molecule has 0 aliphatic heterocycles. The molecule has 7 heteroatoms. The van der Waals surface area contributed by atoms with Crippen LogP contribution in [0, 0.1) is 12.7 Å². The molecule has 0 unspecified atom stereocenters. The zero-order valence-electron chi connectivity index (χ0n) is 14.5. The van der Waals surface area contributed by atoms with Crippen molar-refractivity contribution in [3.05, 3.63) is 58.7 Å². The van der Waals surface area contributed by atoms with Crippen molar-refractivity contribution in [2.24, 2.45) is 0 Å². The summed E-state index contributed by atoms with van der Waals surface area (Å²) in [6.07, 6.45) is 0. The number of anilines is 1. The molecule has 134 valence electrons. The lowest BCUT2D eigenvalue weighted by atomic mass is 10.1. The van der Waals surface area contributed by atoms with E-state index in [4.69, 9.17) is 9.47 Å². The van der Waals surface area contributed by atoms with E-state index >= 15 is 0 Å². The summed E-state index contributed by atoms with van der Waals surface area (Å²) in [6.45, 7) is 1.65. The van der Waals surface area contributed by atoms with E-state index in [2.05, 4.69) is 10.3 Å². The van der Waals surface area contributed by atoms with E-state index in [1.54, 1.807) is 39.3 Å². The van der Waals surface area contributed by atoms with Crippen molar-refractivity contribution in [2.75, 3.05) is 19.5 Å². The smallest absolute Gasteiger partial charge is 0.257 e. The maximum Gasteiger partial charge on any atom is 0.257 e. The normalized spacial score (nSPS) is 10.5. The van der Waals surface area contributed by atoms with E-state index in [0.29, 0.717) is 27.9 Å². The van der Waals surface area contributed by atoms with Gasteiger partial charge in [-0.05, 0) is 36.8 Å². The van der Waals surface area contributed by atoms with Crippen LogP contribution in [-0.2, 0) is 0 Å². The van der Waals surface area contributed by atoms with Crippen LogP contribution < -0.4 is 14.8 Å². The Hall–Kier alpha value is -2.93. The molecule has 0 spiro atoms. The Kier molecular flexibility index (Phi) is 5.18. The molecule has 2 aromatic carbocycles. The first-order chi connectivity index (χ1) is 12.5. The number of aromatic nitrogens is 1. The Bertz CT molecular complexity index is 956. The van der Waals surface area contributed by atoms with Gasteiger partial charge in [-0.25, -0.2) is 9.37 Å². The maximum atomic E-state index is 13.6. The van der Waals surface area contributed by atoms with Crippen LogP contribution in [0.25, 0.3) is 11.3 Å². The van der Waals surface area contributed by atoms with Crippen molar-refractivity contribution < 1.29 is 18.7 Å². The molecular formula is C19H17FN2O3S. The predicted molar refractivity (Wildman–Crippen MR) is 99.7 cm³/mol. The highest BCUT2D eigenvalue weighted by atomic mass is 32.1. The summed E-state index contributed by atoms with van der Waals surface area (Å²) in [6, 6.07) is 9.78. The van der Waals surface area contributed by atoms with E-state index in [1.807, 2.05) is 17.5 Å². The zero-order chi connectivity index (χ0) is 18.7. The number of halogens is 1. The Balaban J connectivity index is 1.82. The highest BCUT2D eigenvalue weighted by Crippen LogP contribution is 2.34. The molecule has 0 atom stereocenters. The molecule has 1 amide bonds. The van der Waals surface area contributed by atoms with E-state index in [1.165, 1.54) is 17.4 Å². The number of carbonyl (C=O) groups is 1. The summed E-state index contributed by atoms with van der Waals surface area (Å²) in [5.41, 5.74) is 2.18. The van der Waals surface area contributed by atoms with Gasteiger partial charge < -0.3 is 9.47 Å². The third-order valence-electron chi connectivity index (χ3n) is 3.84. The number of rotatable bonds is 5. The fraction of sp³-hybridized carbons (Fsp3) is 0.158. The van der Waals surface area contributed by atoms with Crippen LogP contribution in [0.1, 0.15) is 15.9 Å². The highest BCUT2D eigenvalue weighted by molar-refractivity contribution is 7.14. The summed E-state index contributed by atoms with van der Waals surface area (Å²) in [4.78, 5) is 16.7. The van der Waals surface area contributed by atoms with Gasteiger partial charge in [-0.2, -0.15) is 0 Å². The Morgan fingerprint density at radius 3 is 2.65 bits per heavy atom. The lowest BCUT2D eigenvalue weighted by Crippen LogP contribution is -2.12. The van der Waals surface area contributed by atoms with Crippen molar-refractivity contribution in [3.63, 3.8) is 0 Å². The van der Waals surface area contributed by atoms with Gasteiger partial charge in [0.05, 0.1) is 19.9 Å². The average Bonchev–Trinajstić information content (AvgIpc) is 3.11. The highest BCUT2D eigenvalue weighted by Gasteiger charge is 2.14. The molecule has 0 saturated carbocycles. The number of aryl methyl sites for hydroxylation is 1. The molecule has 0 bridgehead atoms. The van der Waals surface area contributed by atoms with Crippen LogP contribution >= 0.6 is 11.3 Å². The standard InChI is InChI=1S/C19H17FN2O3S/c1-11-4-5-12(8-15(11)20)18(23)22-19-21-16(10-26-19)14-7-6-13(24-2)9-17(14)25-3/h4-10H,1-3H3,(H,21,22,23). The third-order valence-corrected chi connectivity index (χ3v) is 4.60. The van der Waals surface area contributed by atoms with Crippen molar-refractivity contribution in [3.8, 4) is 22.8 Å². The summed E-state index contributed by atoms with van der Waals surface area (Å²) < 4.78 is 24.2. The third kappa shape index (κ3) is 3.67. The van der Waals surface area contributed by atoms with Crippen LogP contribution in [0.15, 0.2) is 41.8 Å². The zero-order valence-corrected chi connectivity index (χ0v) is 15.3. The van der Waals surface area contributed by atoms with Crippen molar-refractivity contribution >= 4 is 22.4 Å². The van der Waals surface area contributed by atoms with Crippen LogP contribution in [-0.4, -0.2) is 25.1 Å². The molecule has 0 saturated heterocycles. The first-order valence-corrected chi connectivity index (χ1v) is 8.65. The number of ether oxygens (including phenoxy) is 2. The fourth-order valence-electron chi connectivity index (χ4n) is 2.37. The van der Waals surface area contributed by atoms with E-state index in [9.17, 15) is 9.18 Å². The van der Waals surface area contributed by atoms with Gasteiger partial charge in [0.15, 0.2) is 5.13 Å². The number of amides is 1. The average molecular weight is 372 g/mol. The maximum absolute atomic E-state index is 13.6. The fourth-order valence-corrected chi connectivity index (χ4v) is 3.07. The van der Waals surface area contributed by atoms with E-state index in [-0.39, 0.29) is 5.56 Å². The molecule has 3 rings (SSSR count). The van der Waals surface area contributed by atoms with Gasteiger partial charge >= 0.3 is 0 Å². The molecular weight excluding hydrogens is 355 g/mol. The van der Waals surface area contributed by atoms with Gasteiger partial charge in [0.1, 0.15) is 17.3 Å². The lowest BCUT2D eigenvalue weighted by Gasteiger charge is -2.08. The first kappa shape index (κ1) is 17.9. The summed E-state index contributed by atoms with van der Waals surface area (Å²) in [7, 11) is 3.15. The minimum atomic E-state index is -0.416. The molecule has 0 fully saturated rings. The molecule has 0 radical (unpaired) electrons. The van der Waals surface area contributed by atoms with Crippen LogP contribution in [0.4, 0.5) is 9.52 Å². The van der Waals surface area contributed by atoms with Crippen molar-refractivity contribution in [1.82, 2.24) is 4.98 Å². The van der Waals surface area contributed by atoms with Gasteiger partial charge in [0, 0.05) is 22.6 Å². The van der Waals surface area contributed by atoms with Gasteiger partial charge in [0.25, 0.3) is 5.91 Å². The molecule has 26 heavy (non-hydrogen) atoms. The molecule has 0 aliphatic carbocycles. The Morgan fingerprint density at radius 2 is 1.96 bits per heavy atom. The van der Waals surface area contributed by atoms with Crippen LogP contribution in [0.3, 0.4) is 0 Å². The van der Waals surface area contributed by atoms with Crippen molar-refractivity contribution in [2.45, 2.75) is 6.92 Å².